The van der Waals surface area contributed by atoms with Gasteiger partial charge in [-0.3, -0.25) is 4.79 Å². The fraction of sp³-hybridized carbons (Fsp3) is 0.105. The lowest BCUT2D eigenvalue weighted by Crippen LogP contribution is -2.19. The molecule has 1 amide bonds. The van der Waals surface area contributed by atoms with Crippen LogP contribution in [0.25, 0.3) is 28.4 Å². The molecule has 27 heavy (non-hydrogen) atoms. The minimum atomic E-state index is -0.599. The molecule has 0 aliphatic heterocycles. The van der Waals surface area contributed by atoms with Crippen molar-refractivity contribution in [2.24, 2.45) is 5.73 Å². The molecule has 0 saturated carbocycles. The Morgan fingerprint density at radius 1 is 1.11 bits per heavy atom. The summed E-state index contributed by atoms with van der Waals surface area (Å²) in [5.41, 5.74) is 7.19. The maximum atomic E-state index is 12.1. The molecule has 8 heteroatoms. The largest absolute Gasteiger partial charge is 0.497 e. The van der Waals surface area contributed by atoms with Gasteiger partial charge in [0.15, 0.2) is 17.5 Å². The van der Waals surface area contributed by atoms with E-state index in [1.807, 2.05) is 30.5 Å². The topological polar surface area (TPSA) is 109 Å². The summed E-state index contributed by atoms with van der Waals surface area (Å²) in [7, 11) is 1.61. The van der Waals surface area contributed by atoms with Gasteiger partial charge in [0.1, 0.15) is 11.3 Å². The molecule has 4 rings (SSSR count). The molecule has 1 aromatic carbocycles. The van der Waals surface area contributed by atoms with Gasteiger partial charge in [0.05, 0.1) is 18.3 Å². The van der Waals surface area contributed by atoms with E-state index < -0.39 is 5.91 Å². The molecule has 134 valence electrons. The van der Waals surface area contributed by atoms with Crippen LogP contribution < -0.4 is 10.5 Å². The van der Waals surface area contributed by atoms with Gasteiger partial charge >= 0.3 is 0 Å². The Labute approximate surface area is 154 Å². The number of ether oxygens (including phenoxy) is 1. The van der Waals surface area contributed by atoms with Crippen molar-refractivity contribution in [3.05, 3.63) is 60.2 Å². The van der Waals surface area contributed by atoms with E-state index in [1.165, 1.54) is 0 Å². The Morgan fingerprint density at radius 3 is 2.59 bits per heavy atom. The van der Waals surface area contributed by atoms with Gasteiger partial charge in [-0.2, -0.15) is 0 Å². The van der Waals surface area contributed by atoms with Gasteiger partial charge in [-0.05, 0) is 37.3 Å². The number of amides is 1. The van der Waals surface area contributed by atoms with Crippen LogP contribution in [0, 0.1) is 6.92 Å². The summed E-state index contributed by atoms with van der Waals surface area (Å²) < 4.78 is 7.07. The number of hydrogen-bond donors (Lipinski definition) is 1. The molecule has 3 aromatic heterocycles. The minimum absolute atomic E-state index is 0.253. The number of primary amides is 1. The summed E-state index contributed by atoms with van der Waals surface area (Å²) in [5.74, 6) is 1.23. The lowest BCUT2D eigenvalue weighted by atomic mass is 10.2. The predicted molar refractivity (Wildman–Crippen MR) is 99.7 cm³/mol. The summed E-state index contributed by atoms with van der Waals surface area (Å²) in [4.78, 5) is 29.4. The quantitative estimate of drug-likeness (QED) is 0.598. The third-order valence-electron chi connectivity index (χ3n) is 4.21. The van der Waals surface area contributed by atoms with E-state index >= 15 is 0 Å². The molecule has 3 heterocycles. The summed E-state index contributed by atoms with van der Waals surface area (Å²) in [6.45, 7) is 1.71. The van der Waals surface area contributed by atoms with Crippen LogP contribution in [0.4, 0.5) is 0 Å². The summed E-state index contributed by atoms with van der Waals surface area (Å²) in [5, 5.41) is 0.943. The van der Waals surface area contributed by atoms with E-state index in [1.54, 1.807) is 37.1 Å². The van der Waals surface area contributed by atoms with Crippen molar-refractivity contribution in [1.82, 2.24) is 24.5 Å². The highest BCUT2D eigenvalue weighted by Gasteiger charge is 2.20. The number of nitrogens with two attached hydrogens (primary N) is 1. The maximum Gasteiger partial charge on any atom is 0.254 e. The first-order chi connectivity index (χ1) is 13.1. The third kappa shape index (κ3) is 2.86. The van der Waals surface area contributed by atoms with Gasteiger partial charge < -0.3 is 15.0 Å². The van der Waals surface area contributed by atoms with Gasteiger partial charge in [0, 0.05) is 24.0 Å². The third-order valence-corrected chi connectivity index (χ3v) is 4.21. The average molecular weight is 360 g/mol. The Morgan fingerprint density at radius 2 is 1.89 bits per heavy atom. The van der Waals surface area contributed by atoms with Crippen molar-refractivity contribution in [3.8, 4) is 23.2 Å². The number of methoxy groups -OCH3 is 1. The molecule has 0 unspecified atom stereocenters. The predicted octanol–water partition coefficient (Wildman–Crippen LogP) is 2.29. The van der Waals surface area contributed by atoms with E-state index in [4.69, 9.17) is 10.5 Å². The number of hydrogen-bond acceptors (Lipinski definition) is 6. The van der Waals surface area contributed by atoms with E-state index in [2.05, 4.69) is 19.9 Å². The van der Waals surface area contributed by atoms with E-state index in [0.717, 1.165) is 16.7 Å². The lowest BCUT2D eigenvalue weighted by Gasteiger charge is -2.12. The van der Waals surface area contributed by atoms with Gasteiger partial charge in [0.2, 0.25) is 0 Å². The Balaban J connectivity index is 1.98. The zero-order valence-electron chi connectivity index (χ0n) is 14.7. The van der Waals surface area contributed by atoms with Crippen LogP contribution in [0.5, 0.6) is 5.75 Å². The standard InChI is InChI=1S/C19H16N6O2/c1-11-15(16(20)26)19(24-18(23-11)17-21-7-3-8-22-17)25-9-6-12-10-13(27-2)4-5-14(12)25/h3-10H,1-2H3,(H2,20,26). The Bertz CT molecular complexity index is 1150. The van der Waals surface area contributed by atoms with Crippen molar-refractivity contribution < 1.29 is 9.53 Å². The first-order valence-corrected chi connectivity index (χ1v) is 8.20. The average Bonchev–Trinajstić information content (AvgIpc) is 3.10. The van der Waals surface area contributed by atoms with Crippen LogP contribution in [0.1, 0.15) is 16.1 Å². The molecule has 0 spiro atoms. The number of benzene rings is 1. The summed E-state index contributed by atoms with van der Waals surface area (Å²) >= 11 is 0. The molecule has 0 saturated heterocycles. The van der Waals surface area contributed by atoms with Crippen LogP contribution >= 0.6 is 0 Å². The highest BCUT2D eigenvalue weighted by molar-refractivity contribution is 5.98. The molecule has 2 N–H and O–H groups in total. The SMILES string of the molecule is COc1ccc2c(ccn2-c2nc(-c3ncccn3)nc(C)c2C(N)=O)c1. The summed E-state index contributed by atoms with van der Waals surface area (Å²) in [6, 6.07) is 9.28. The lowest BCUT2D eigenvalue weighted by molar-refractivity contribution is 0.0999. The number of fused-ring (bicyclic) bond motifs is 1. The van der Waals surface area contributed by atoms with Crippen molar-refractivity contribution in [1.29, 1.82) is 0 Å². The van der Waals surface area contributed by atoms with Crippen molar-refractivity contribution in [2.45, 2.75) is 6.92 Å². The molecule has 0 atom stereocenters. The smallest absolute Gasteiger partial charge is 0.254 e. The monoisotopic (exact) mass is 360 g/mol. The van der Waals surface area contributed by atoms with Gasteiger partial charge in [-0.1, -0.05) is 0 Å². The van der Waals surface area contributed by atoms with Gasteiger partial charge in [-0.25, -0.2) is 19.9 Å². The zero-order valence-corrected chi connectivity index (χ0v) is 14.7. The van der Waals surface area contributed by atoms with Crippen molar-refractivity contribution in [3.63, 3.8) is 0 Å². The molecular formula is C19H16N6O2. The van der Waals surface area contributed by atoms with Gasteiger partial charge in [-0.15, -0.1) is 0 Å². The zero-order chi connectivity index (χ0) is 19.0. The van der Waals surface area contributed by atoms with Crippen molar-refractivity contribution in [2.75, 3.05) is 7.11 Å². The van der Waals surface area contributed by atoms with Crippen LogP contribution in [0.3, 0.4) is 0 Å². The second kappa shape index (κ2) is 6.49. The first-order valence-electron chi connectivity index (χ1n) is 8.20. The Hall–Kier alpha value is -3.81. The molecule has 0 radical (unpaired) electrons. The summed E-state index contributed by atoms with van der Waals surface area (Å²) in [6.07, 6.45) is 5.05. The number of carbonyl (C=O) groups excluding carboxylic acids is 1. The minimum Gasteiger partial charge on any atom is -0.497 e. The second-order valence-corrected chi connectivity index (χ2v) is 5.88. The van der Waals surface area contributed by atoms with Gasteiger partial charge in [0.25, 0.3) is 5.91 Å². The molecule has 0 fully saturated rings. The number of aromatic nitrogens is 5. The molecule has 0 aliphatic rings. The number of nitrogens with zero attached hydrogens (tertiary/aromatic N) is 5. The van der Waals surface area contributed by atoms with Crippen LogP contribution in [-0.4, -0.2) is 37.5 Å². The molecule has 0 aliphatic carbocycles. The number of aryl methyl sites for hydroxylation is 1. The van der Waals surface area contributed by atoms with Crippen LogP contribution in [-0.2, 0) is 0 Å². The van der Waals surface area contributed by atoms with Crippen LogP contribution in [0.2, 0.25) is 0 Å². The first kappa shape index (κ1) is 16.6. The molecule has 8 nitrogen and oxygen atoms in total. The van der Waals surface area contributed by atoms with E-state index in [-0.39, 0.29) is 5.56 Å². The highest BCUT2D eigenvalue weighted by atomic mass is 16.5. The number of carbonyl (C=O) groups is 1. The van der Waals surface area contributed by atoms with Crippen LogP contribution in [0.15, 0.2) is 48.9 Å². The van der Waals surface area contributed by atoms with Crippen molar-refractivity contribution >= 4 is 16.8 Å². The second-order valence-electron chi connectivity index (χ2n) is 5.88. The molecule has 4 aromatic rings. The normalized spacial score (nSPS) is 10.9. The maximum absolute atomic E-state index is 12.1. The molecular weight excluding hydrogens is 344 g/mol. The van der Waals surface area contributed by atoms with E-state index in [9.17, 15) is 4.79 Å². The highest BCUT2D eigenvalue weighted by Crippen LogP contribution is 2.27. The number of rotatable bonds is 4. The Kier molecular flexibility index (Phi) is 4.00. The fourth-order valence-corrected chi connectivity index (χ4v) is 2.97. The molecule has 0 bridgehead atoms. The van der Waals surface area contributed by atoms with E-state index in [0.29, 0.717) is 23.2 Å². The fourth-order valence-electron chi connectivity index (χ4n) is 2.97.